The first kappa shape index (κ1) is 31.9. The van der Waals surface area contributed by atoms with E-state index in [0.29, 0.717) is 17.5 Å². The van der Waals surface area contributed by atoms with Gasteiger partial charge < -0.3 is 8.98 Å². The molecule has 0 atom stereocenters. The van der Waals surface area contributed by atoms with Gasteiger partial charge in [-0.1, -0.05) is 146 Å². The second-order valence-corrected chi connectivity index (χ2v) is 15.4. The number of aromatic nitrogens is 4. The van der Waals surface area contributed by atoms with Crippen molar-refractivity contribution in [2.75, 3.05) is 0 Å². The summed E-state index contributed by atoms with van der Waals surface area (Å²) in [5.41, 5.74) is 9.65. The molecule has 0 saturated carbocycles. The first-order valence-electron chi connectivity index (χ1n) is 19.0. The Kier molecular flexibility index (Phi) is 7.03. The fourth-order valence-corrected chi connectivity index (χ4v) is 9.71. The van der Waals surface area contributed by atoms with E-state index in [-0.39, 0.29) is 0 Å². The van der Waals surface area contributed by atoms with E-state index in [4.69, 9.17) is 19.4 Å². The minimum atomic E-state index is 0.564. The highest BCUT2D eigenvalue weighted by atomic mass is 32.1. The van der Waals surface area contributed by atoms with Crippen LogP contribution in [0.25, 0.3) is 115 Å². The number of hydrogen-bond acceptors (Lipinski definition) is 5. The lowest BCUT2D eigenvalue weighted by Crippen LogP contribution is -2.04. The van der Waals surface area contributed by atoms with Crippen LogP contribution in [0.15, 0.2) is 186 Å². The number of furan rings is 1. The summed E-state index contributed by atoms with van der Waals surface area (Å²) in [5, 5.41) is 6.92. The van der Waals surface area contributed by atoms with Gasteiger partial charge in [-0.25, -0.2) is 15.0 Å². The summed E-state index contributed by atoms with van der Waals surface area (Å²) in [6, 6.07) is 63.7. The molecule has 0 bridgehead atoms. The Balaban J connectivity index is 1.25. The quantitative estimate of drug-likeness (QED) is 0.176. The third kappa shape index (κ3) is 4.91. The fourth-order valence-electron chi connectivity index (χ4n) is 8.57. The van der Waals surface area contributed by atoms with Gasteiger partial charge >= 0.3 is 0 Å². The van der Waals surface area contributed by atoms with Crippen LogP contribution in [-0.4, -0.2) is 19.5 Å². The lowest BCUT2D eigenvalue weighted by molar-refractivity contribution is 0.666. The van der Waals surface area contributed by atoms with Crippen LogP contribution in [-0.2, 0) is 0 Å². The van der Waals surface area contributed by atoms with Gasteiger partial charge in [0.25, 0.3) is 0 Å². The monoisotopic (exact) mass is 746 g/mol. The molecule has 0 aliphatic rings. The summed E-state index contributed by atoms with van der Waals surface area (Å²) in [5.74, 6) is 1.78. The van der Waals surface area contributed by atoms with Crippen LogP contribution in [0.3, 0.4) is 0 Å². The Morgan fingerprint density at radius 3 is 1.79 bits per heavy atom. The van der Waals surface area contributed by atoms with Crippen LogP contribution < -0.4 is 0 Å². The van der Waals surface area contributed by atoms with E-state index in [9.17, 15) is 0 Å². The molecule has 0 aliphatic heterocycles. The van der Waals surface area contributed by atoms with E-state index < -0.39 is 0 Å². The van der Waals surface area contributed by atoms with E-state index >= 15 is 0 Å². The van der Waals surface area contributed by atoms with Crippen molar-refractivity contribution in [2.24, 2.45) is 0 Å². The molecule has 8 aromatic carbocycles. The molecule has 57 heavy (non-hydrogen) atoms. The molecule has 12 rings (SSSR count). The van der Waals surface area contributed by atoms with E-state index in [1.807, 2.05) is 84.1 Å². The number of fused-ring (bicyclic) bond motifs is 9. The normalized spacial score (nSPS) is 11.9. The van der Waals surface area contributed by atoms with Crippen molar-refractivity contribution < 1.29 is 4.42 Å². The lowest BCUT2D eigenvalue weighted by Gasteiger charge is -2.17. The third-order valence-corrected chi connectivity index (χ3v) is 12.2. The summed E-state index contributed by atoms with van der Waals surface area (Å²) >= 11 is 1.84. The summed E-state index contributed by atoms with van der Waals surface area (Å²) in [4.78, 5) is 15.6. The predicted octanol–water partition coefficient (Wildman–Crippen LogP) is 13.9. The van der Waals surface area contributed by atoms with Gasteiger partial charge in [0, 0.05) is 64.0 Å². The first-order valence-corrected chi connectivity index (χ1v) is 19.8. The van der Waals surface area contributed by atoms with Crippen molar-refractivity contribution in [3.05, 3.63) is 182 Å². The molecule has 0 unspecified atom stereocenters. The highest BCUT2D eigenvalue weighted by Crippen LogP contribution is 2.47. The van der Waals surface area contributed by atoms with Crippen LogP contribution in [0.5, 0.6) is 0 Å². The Hall–Kier alpha value is -7.41. The number of hydrogen-bond donors (Lipinski definition) is 0. The van der Waals surface area contributed by atoms with Gasteiger partial charge in [-0.3, -0.25) is 0 Å². The van der Waals surface area contributed by atoms with Crippen molar-refractivity contribution in [1.82, 2.24) is 19.5 Å². The summed E-state index contributed by atoms with van der Waals surface area (Å²) in [6.45, 7) is 0. The number of rotatable bonds is 5. The van der Waals surface area contributed by atoms with Crippen LogP contribution in [0, 0.1) is 0 Å². The zero-order chi connectivity index (χ0) is 37.5. The smallest absolute Gasteiger partial charge is 0.166 e. The summed E-state index contributed by atoms with van der Waals surface area (Å²) in [7, 11) is 0. The molecular formula is C51H30N4OS. The van der Waals surface area contributed by atoms with Gasteiger partial charge in [-0.2, -0.15) is 0 Å². The topological polar surface area (TPSA) is 56.7 Å². The molecule has 0 N–H and O–H groups in total. The van der Waals surface area contributed by atoms with Gasteiger partial charge in [0.2, 0.25) is 0 Å². The summed E-state index contributed by atoms with van der Waals surface area (Å²) < 4.78 is 11.9. The predicted molar refractivity (Wildman–Crippen MR) is 236 cm³/mol. The second kappa shape index (κ2) is 12.6. The number of para-hydroxylation sites is 3. The van der Waals surface area contributed by atoms with Crippen molar-refractivity contribution in [3.8, 4) is 51.0 Å². The maximum Gasteiger partial charge on any atom is 0.166 e. The van der Waals surface area contributed by atoms with Gasteiger partial charge in [-0.05, 0) is 42.0 Å². The molecule has 0 saturated heterocycles. The van der Waals surface area contributed by atoms with Crippen molar-refractivity contribution in [1.29, 1.82) is 0 Å². The van der Waals surface area contributed by atoms with Crippen LogP contribution in [0.2, 0.25) is 0 Å². The minimum absolute atomic E-state index is 0.564. The maximum absolute atomic E-state index is 6.97. The molecule has 0 radical (unpaired) electrons. The van der Waals surface area contributed by atoms with Crippen molar-refractivity contribution in [2.45, 2.75) is 0 Å². The van der Waals surface area contributed by atoms with E-state index in [2.05, 4.69) is 114 Å². The number of nitrogens with zero attached hydrogens (tertiary/aromatic N) is 4. The fraction of sp³-hybridized carbons (Fsp3) is 0. The average molecular weight is 747 g/mol. The number of thiophene rings is 1. The molecule has 4 heterocycles. The van der Waals surface area contributed by atoms with Gasteiger partial charge in [0.05, 0.1) is 11.0 Å². The molecule has 266 valence electrons. The molecule has 6 heteroatoms. The standard InChI is InChI=1S/C51H30N4OS/c1-3-15-31(16-4-1)49-52-50(32-17-5-2-6-18-32)54-51(53-49)40-30-29-38-34-20-8-11-26-42(34)56-48(38)47(40)55-41-25-10-7-19-33(41)36-23-13-24-37(46(36)55)35-22-14-28-44-45(35)39-21-9-12-27-43(39)57-44/h1-30H. The Morgan fingerprint density at radius 1 is 0.404 bits per heavy atom. The van der Waals surface area contributed by atoms with Crippen molar-refractivity contribution >= 4 is 75.3 Å². The average Bonchev–Trinajstić information content (AvgIpc) is 3.96. The Morgan fingerprint density at radius 2 is 1.00 bits per heavy atom. The zero-order valence-electron chi connectivity index (χ0n) is 30.4. The Labute approximate surface area is 330 Å². The van der Waals surface area contributed by atoms with Gasteiger partial charge in [0.15, 0.2) is 23.1 Å². The minimum Gasteiger partial charge on any atom is -0.454 e. The SMILES string of the molecule is c1ccc(-c2nc(-c3ccccc3)nc(-c3ccc4c(oc5ccccc54)c3-n3c4ccccc4c4cccc(-c5cccc6sc7ccccc7c56)c43)n2)cc1. The van der Waals surface area contributed by atoms with Crippen LogP contribution in [0.4, 0.5) is 0 Å². The van der Waals surface area contributed by atoms with Gasteiger partial charge in [-0.15, -0.1) is 11.3 Å². The molecule has 0 fully saturated rings. The highest BCUT2D eigenvalue weighted by molar-refractivity contribution is 7.25. The molecule has 0 amide bonds. The van der Waals surface area contributed by atoms with Crippen LogP contribution in [0.1, 0.15) is 0 Å². The molecule has 5 nitrogen and oxygen atoms in total. The van der Waals surface area contributed by atoms with E-state index in [1.54, 1.807) is 0 Å². The molecule has 4 aromatic heterocycles. The lowest BCUT2D eigenvalue weighted by atomic mass is 9.97. The van der Waals surface area contributed by atoms with E-state index in [1.165, 1.54) is 25.7 Å². The number of benzene rings is 8. The maximum atomic E-state index is 6.97. The Bertz CT molecular complexity index is 3470. The largest absolute Gasteiger partial charge is 0.454 e. The molecule has 0 aliphatic carbocycles. The molecule has 0 spiro atoms. The van der Waals surface area contributed by atoms with Crippen molar-refractivity contribution in [3.63, 3.8) is 0 Å². The summed E-state index contributed by atoms with van der Waals surface area (Å²) in [6.07, 6.45) is 0. The highest BCUT2D eigenvalue weighted by Gasteiger charge is 2.26. The first-order chi connectivity index (χ1) is 28.3. The molecule has 12 aromatic rings. The molecular weight excluding hydrogens is 717 g/mol. The van der Waals surface area contributed by atoms with Gasteiger partial charge in [0.1, 0.15) is 11.3 Å². The zero-order valence-corrected chi connectivity index (χ0v) is 31.2. The van der Waals surface area contributed by atoms with E-state index in [0.717, 1.165) is 71.7 Å². The van der Waals surface area contributed by atoms with Crippen LogP contribution >= 0.6 is 11.3 Å². The third-order valence-electron chi connectivity index (χ3n) is 11.1. The second-order valence-electron chi connectivity index (χ2n) is 14.3.